The van der Waals surface area contributed by atoms with Crippen LogP contribution in [0.3, 0.4) is 0 Å². The van der Waals surface area contributed by atoms with Crippen LogP contribution in [0.15, 0.2) is 24.3 Å². The first kappa shape index (κ1) is 15.7. The van der Waals surface area contributed by atoms with E-state index in [2.05, 4.69) is 4.98 Å². The lowest BCUT2D eigenvalue weighted by Gasteiger charge is -2.11. The Balaban J connectivity index is 2.63. The third-order valence-corrected chi connectivity index (χ3v) is 4.02. The van der Waals surface area contributed by atoms with Crippen LogP contribution >= 0.6 is 46.4 Å². The third kappa shape index (κ3) is 2.98. The van der Waals surface area contributed by atoms with Gasteiger partial charge in [0.2, 0.25) is 0 Å². The summed E-state index contributed by atoms with van der Waals surface area (Å²) >= 11 is 23.1. The molecule has 0 amide bonds. The minimum absolute atomic E-state index is 0.00490. The van der Waals surface area contributed by atoms with Crippen molar-refractivity contribution in [3.05, 3.63) is 50.0 Å². The zero-order valence-electron chi connectivity index (χ0n) is 9.40. The van der Waals surface area contributed by atoms with E-state index in [0.29, 0.717) is 0 Å². The first-order valence-corrected chi connectivity index (χ1v) is 6.60. The average molecular weight is 361 g/mol. The van der Waals surface area contributed by atoms with Crippen molar-refractivity contribution in [1.29, 1.82) is 0 Å². The third-order valence-electron chi connectivity index (χ3n) is 2.43. The largest absolute Gasteiger partial charge is 0.434 e. The maximum atomic E-state index is 12.8. The van der Waals surface area contributed by atoms with Gasteiger partial charge in [-0.3, -0.25) is 0 Å². The number of pyridine rings is 1. The van der Waals surface area contributed by atoms with E-state index in [-0.39, 0.29) is 26.3 Å². The molecule has 1 nitrogen and oxygen atoms in total. The zero-order chi connectivity index (χ0) is 15.1. The van der Waals surface area contributed by atoms with Crippen molar-refractivity contribution in [2.24, 2.45) is 0 Å². The monoisotopic (exact) mass is 359 g/mol. The number of benzene rings is 1. The normalized spacial score (nSPS) is 11.8. The molecule has 0 radical (unpaired) electrons. The number of aromatic nitrogens is 1. The van der Waals surface area contributed by atoms with Gasteiger partial charge < -0.3 is 0 Å². The van der Waals surface area contributed by atoms with E-state index in [1.165, 1.54) is 18.2 Å². The van der Waals surface area contributed by atoms with Gasteiger partial charge in [0.25, 0.3) is 0 Å². The van der Waals surface area contributed by atoms with Crippen molar-refractivity contribution >= 4 is 46.4 Å². The molecule has 0 unspecified atom stereocenters. The van der Waals surface area contributed by atoms with Gasteiger partial charge in [0.1, 0.15) is 0 Å². The lowest BCUT2D eigenvalue weighted by Crippen LogP contribution is -2.09. The Bertz CT molecular complexity index is 670. The fourth-order valence-electron chi connectivity index (χ4n) is 1.51. The molecule has 1 heterocycles. The molecule has 20 heavy (non-hydrogen) atoms. The highest BCUT2D eigenvalue weighted by atomic mass is 35.5. The highest BCUT2D eigenvalue weighted by Gasteiger charge is 2.35. The number of rotatable bonds is 1. The van der Waals surface area contributed by atoms with Crippen LogP contribution in [-0.4, -0.2) is 4.98 Å². The van der Waals surface area contributed by atoms with Crippen LogP contribution in [0.1, 0.15) is 5.69 Å². The molecule has 2 rings (SSSR count). The maximum Gasteiger partial charge on any atom is 0.434 e. The second-order valence-corrected chi connectivity index (χ2v) is 5.32. The smallest absolute Gasteiger partial charge is 0.242 e. The molecule has 2 aromatic rings. The molecule has 0 aliphatic heterocycles. The molecule has 0 fully saturated rings. The summed E-state index contributed by atoms with van der Waals surface area (Å²) in [6, 6.07) is 5.29. The minimum Gasteiger partial charge on any atom is -0.242 e. The van der Waals surface area contributed by atoms with Crippen molar-refractivity contribution in [2.45, 2.75) is 6.18 Å². The Labute approximate surface area is 132 Å². The molecule has 1 aromatic carbocycles. The van der Waals surface area contributed by atoms with Crippen LogP contribution in [-0.2, 0) is 6.18 Å². The Morgan fingerprint density at radius 3 is 2.00 bits per heavy atom. The summed E-state index contributed by atoms with van der Waals surface area (Å²) in [5.41, 5.74) is -0.938. The van der Waals surface area contributed by atoms with Gasteiger partial charge in [-0.15, -0.1) is 0 Å². The first-order chi connectivity index (χ1) is 9.21. The lowest BCUT2D eigenvalue weighted by atomic mass is 10.1. The van der Waals surface area contributed by atoms with E-state index in [4.69, 9.17) is 46.4 Å². The van der Waals surface area contributed by atoms with E-state index in [1.54, 1.807) is 0 Å². The second-order valence-electron chi connectivity index (χ2n) is 3.75. The topological polar surface area (TPSA) is 12.9 Å². The highest BCUT2D eigenvalue weighted by molar-refractivity contribution is 6.49. The van der Waals surface area contributed by atoms with Crippen LogP contribution in [0.4, 0.5) is 13.2 Å². The molecule has 0 spiro atoms. The van der Waals surface area contributed by atoms with Crippen molar-refractivity contribution in [3.8, 4) is 11.3 Å². The zero-order valence-corrected chi connectivity index (χ0v) is 12.4. The molecule has 0 atom stereocenters. The summed E-state index contributed by atoms with van der Waals surface area (Å²) < 4.78 is 38.3. The Hall–Kier alpha value is -0.680. The number of nitrogens with zero attached hydrogens (tertiary/aromatic N) is 1. The second kappa shape index (κ2) is 5.60. The van der Waals surface area contributed by atoms with Crippen LogP contribution in [0.2, 0.25) is 20.1 Å². The van der Waals surface area contributed by atoms with Crippen LogP contribution < -0.4 is 0 Å². The standard InChI is InChI=1S/C12H4Cl4F3N/c13-6-2-1-5(9(15)10(6)16)8-4-3-7(14)11(20-8)12(17,18)19/h1-4H. The SMILES string of the molecule is FC(F)(F)c1nc(-c2ccc(Cl)c(Cl)c2Cl)ccc1Cl. The Morgan fingerprint density at radius 2 is 1.40 bits per heavy atom. The molecular formula is C12H4Cl4F3N. The molecule has 0 aliphatic carbocycles. The van der Waals surface area contributed by atoms with E-state index in [1.807, 2.05) is 0 Å². The highest BCUT2D eigenvalue weighted by Crippen LogP contribution is 2.39. The van der Waals surface area contributed by atoms with Gasteiger partial charge in [0.05, 0.1) is 25.8 Å². The van der Waals surface area contributed by atoms with Crippen molar-refractivity contribution in [2.75, 3.05) is 0 Å². The van der Waals surface area contributed by atoms with Crippen molar-refractivity contribution in [3.63, 3.8) is 0 Å². The summed E-state index contributed by atoms with van der Waals surface area (Å²) in [7, 11) is 0. The number of hydrogen-bond acceptors (Lipinski definition) is 1. The number of hydrogen-bond donors (Lipinski definition) is 0. The molecule has 1 aromatic heterocycles. The Kier molecular flexibility index (Phi) is 4.40. The fraction of sp³-hybridized carbons (Fsp3) is 0.0833. The summed E-state index contributed by atoms with van der Waals surface area (Å²) in [5.74, 6) is 0. The van der Waals surface area contributed by atoms with Crippen LogP contribution in [0.25, 0.3) is 11.3 Å². The van der Waals surface area contributed by atoms with Crippen LogP contribution in [0.5, 0.6) is 0 Å². The van der Waals surface area contributed by atoms with E-state index >= 15 is 0 Å². The minimum atomic E-state index is -4.66. The number of alkyl halides is 3. The van der Waals surface area contributed by atoms with E-state index in [9.17, 15) is 13.2 Å². The summed E-state index contributed by atoms with van der Waals surface area (Å²) in [5, 5.41) is -0.207. The molecule has 8 heteroatoms. The first-order valence-electron chi connectivity index (χ1n) is 5.09. The molecule has 0 saturated carbocycles. The average Bonchev–Trinajstić information content (AvgIpc) is 2.36. The molecular weight excluding hydrogens is 357 g/mol. The van der Waals surface area contributed by atoms with Crippen LogP contribution in [0, 0.1) is 0 Å². The van der Waals surface area contributed by atoms with Gasteiger partial charge in [-0.1, -0.05) is 46.4 Å². The molecule has 0 saturated heterocycles. The van der Waals surface area contributed by atoms with Gasteiger partial charge in [-0.05, 0) is 24.3 Å². The van der Waals surface area contributed by atoms with Gasteiger partial charge in [-0.2, -0.15) is 13.2 Å². The van der Waals surface area contributed by atoms with Gasteiger partial charge in [0, 0.05) is 5.56 Å². The summed E-state index contributed by atoms with van der Waals surface area (Å²) in [6.45, 7) is 0. The molecule has 0 N–H and O–H groups in total. The van der Waals surface area contributed by atoms with Gasteiger partial charge in [0.15, 0.2) is 5.69 Å². The maximum absolute atomic E-state index is 12.8. The lowest BCUT2D eigenvalue weighted by molar-refractivity contribution is -0.141. The molecule has 106 valence electrons. The quantitative estimate of drug-likeness (QED) is 0.537. The van der Waals surface area contributed by atoms with Crippen molar-refractivity contribution in [1.82, 2.24) is 4.98 Å². The van der Waals surface area contributed by atoms with Gasteiger partial charge in [-0.25, -0.2) is 4.98 Å². The fourth-order valence-corrected chi connectivity index (χ4v) is 2.36. The predicted octanol–water partition coefficient (Wildman–Crippen LogP) is 6.38. The Morgan fingerprint density at radius 1 is 0.800 bits per heavy atom. The van der Waals surface area contributed by atoms with E-state index in [0.717, 1.165) is 6.07 Å². The molecule has 0 aliphatic rings. The van der Waals surface area contributed by atoms with E-state index < -0.39 is 16.9 Å². The predicted molar refractivity (Wildman–Crippen MR) is 74.7 cm³/mol. The molecule has 0 bridgehead atoms. The summed E-state index contributed by atoms with van der Waals surface area (Å²) in [4.78, 5) is 3.50. The van der Waals surface area contributed by atoms with Crippen molar-refractivity contribution < 1.29 is 13.2 Å². The number of halogens is 7. The van der Waals surface area contributed by atoms with Gasteiger partial charge >= 0.3 is 6.18 Å². The summed E-state index contributed by atoms with van der Waals surface area (Å²) in [6.07, 6.45) is -4.66.